The van der Waals surface area contributed by atoms with Crippen molar-refractivity contribution < 1.29 is 0 Å². The first kappa shape index (κ1) is 12.4. The topological polar surface area (TPSA) is 12.4 Å². The number of benzene rings is 1. The van der Waals surface area contributed by atoms with E-state index in [1.807, 2.05) is 6.07 Å². The third-order valence-corrected chi connectivity index (χ3v) is 2.70. The maximum absolute atomic E-state index is 4.36. The molecular formula is C13H17NSe. The molecule has 0 heterocycles. The number of hydrogen-bond donors (Lipinski definition) is 0. The van der Waals surface area contributed by atoms with Gasteiger partial charge in [-0.15, -0.1) is 0 Å². The maximum atomic E-state index is 4.36. The van der Waals surface area contributed by atoms with Crippen LogP contribution in [0.25, 0.3) is 0 Å². The SMILES string of the molecule is CCCCCC(N=C=[Se])c1ccccc1. The number of aliphatic imine (C=N–C) groups is 1. The Hall–Kier alpha value is -0.681. The van der Waals surface area contributed by atoms with Crippen molar-refractivity contribution in [3.8, 4) is 0 Å². The number of nitrogens with zero attached hydrogens (tertiary/aromatic N) is 1. The van der Waals surface area contributed by atoms with E-state index in [2.05, 4.69) is 56.5 Å². The summed E-state index contributed by atoms with van der Waals surface area (Å²) in [5.41, 5.74) is 1.29. The molecule has 15 heavy (non-hydrogen) atoms. The molecule has 0 spiro atoms. The van der Waals surface area contributed by atoms with Crippen molar-refractivity contribution in [2.45, 2.75) is 38.6 Å². The van der Waals surface area contributed by atoms with Crippen LogP contribution in [0.1, 0.15) is 44.2 Å². The van der Waals surface area contributed by atoms with Crippen LogP contribution in [0.4, 0.5) is 0 Å². The number of rotatable bonds is 6. The Labute approximate surface area is 100.0 Å². The fraction of sp³-hybridized carbons (Fsp3) is 0.462. The molecule has 1 unspecified atom stereocenters. The Balaban J connectivity index is 2.62. The van der Waals surface area contributed by atoms with Crippen LogP contribution >= 0.6 is 0 Å². The van der Waals surface area contributed by atoms with E-state index in [0.717, 1.165) is 6.42 Å². The predicted octanol–water partition coefficient (Wildman–Crippen LogP) is 3.38. The molecule has 0 N–H and O–H groups in total. The number of hydrogen-bond acceptors (Lipinski definition) is 1. The van der Waals surface area contributed by atoms with Gasteiger partial charge in [-0.05, 0) is 0 Å². The van der Waals surface area contributed by atoms with Gasteiger partial charge in [0.25, 0.3) is 0 Å². The summed E-state index contributed by atoms with van der Waals surface area (Å²) in [6, 6.07) is 10.7. The molecule has 0 bridgehead atoms. The van der Waals surface area contributed by atoms with Crippen LogP contribution in [0.2, 0.25) is 0 Å². The summed E-state index contributed by atoms with van der Waals surface area (Å²) >= 11 is 2.72. The van der Waals surface area contributed by atoms with Gasteiger partial charge >= 0.3 is 99.8 Å². The first-order valence-electron chi connectivity index (χ1n) is 5.50. The molecule has 0 aliphatic rings. The second-order valence-electron chi connectivity index (χ2n) is 3.64. The standard InChI is InChI=1S/C13H17NSe/c1-2-3-5-10-13(14-11-15)12-8-6-4-7-9-12/h4,6-9,13H,2-3,5,10H2,1H3. The van der Waals surface area contributed by atoms with Crippen LogP contribution < -0.4 is 0 Å². The average Bonchev–Trinajstić information content (AvgIpc) is 2.29. The van der Waals surface area contributed by atoms with Gasteiger partial charge < -0.3 is 0 Å². The minimum absolute atomic E-state index is 0.277. The van der Waals surface area contributed by atoms with Crippen LogP contribution in [-0.4, -0.2) is 20.3 Å². The van der Waals surface area contributed by atoms with Crippen molar-refractivity contribution >= 4 is 20.3 Å². The van der Waals surface area contributed by atoms with Gasteiger partial charge in [0.15, 0.2) is 0 Å². The van der Waals surface area contributed by atoms with E-state index < -0.39 is 0 Å². The molecule has 2 heteroatoms. The van der Waals surface area contributed by atoms with E-state index in [-0.39, 0.29) is 6.04 Å². The summed E-state index contributed by atoms with van der Waals surface area (Å²) in [4.78, 5) is 4.36. The summed E-state index contributed by atoms with van der Waals surface area (Å²) in [7, 11) is 0. The van der Waals surface area contributed by atoms with E-state index in [9.17, 15) is 0 Å². The Bertz CT molecular complexity index is 315. The minimum atomic E-state index is 0.277. The zero-order valence-corrected chi connectivity index (χ0v) is 10.9. The zero-order valence-electron chi connectivity index (χ0n) is 9.15. The molecule has 1 atom stereocenters. The molecule has 0 fully saturated rings. The van der Waals surface area contributed by atoms with Crippen molar-refractivity contribution in [1.29, 1.82) is 0 Å². The average molecular weight is 266 g/mol. The molecule has 1 nitrogen and oxygen atoms in total. The summed E-state index contributed by atoms with van der Waals surface area (Å²) in [6.07, 6.45) is 4.90. The molecule has 1 rings (SSSR count). The second-order valence-corrected chi connectivity index (χ2v) is 4.03. The van der Waals surface area contributed by atoms with Gasteiger partial charge in [-0.2, -0.15) is 0 Å². The van der Waals surface area contributed by atoms with Gasteiger partial charge in [0, 0.05) is 0 Å². The second kappa shape index (κ2) is 7.59. The third kappa shape index (κ3) is 4.57. The van der Waals surface area contributed by atoms with Crippen LogP contribution in [0.15, 0.2) is 35.3 Å². The Morgan fingerprint density at radius 3 is 2.60 bits per heavy atom. The van der Waals surface area contributed by atoms with E-state index in [0.29, 0.717) is 0 Å². The van der Waals surface area contributed by atoms with Crippen LogP contribution in [-0.2, 0) is 0 Å². The Morgan fingerprint density at radius 2 is 2.00 bits per heavy atom. The molecule has 0 saturated carbocycles. The molecule has 0 aliphatic heterocycles. The third-order valence-electron chi connectivity index (χ3n) is 2.47. The van der Waals surface area contributed by atoms with E-state index >= 15 is 0 Å². The quantitative estimate of drug-likeness (QED) is 0.425. The molecule has 0 aromatic heterocycles. The first-order valence-corrected chi connectivity index (χ1v) is 6.36. The Kier molecular flexibility index (Phi) is 6.27. The molecule has 1 aromatic rings. The zero-order chi connectivity index (χ0) is 10.9. The van der Waals surface area contributed by atoms with Crippen LogP contribution in [0.5, 0.6) is 0 Å². The molecule has 0 saturated heterocycles. The molecule has 0 radical (unpaired) electrons. The summed E-state index contributed by atoms with van der Waals surface area (Å²) in [6.45, 7) is 2.22. The molecule has 1 aromatic carbocycles. The summed E-state index contributed by atoms with van der Waals surface area (Å²) in [5.74, 6) is 0. The Morgan fingerprint density at radius 1 is 1.27 bits per heavy atom. The van der Waals surface area contributed by atoms with Crippen molar-refractivity contribution in [2.75, 3.05) is 0 Å². The molecular weight excluding hydrogens is 249 g/mol. The van der Waals surface area contributed by atoms with Gasteiger partial charge in [-0.3, -0.25) is 0 Å². The van der Waals surface area contributed by atoms with Crippen LogP contribution in [0, 0.1) is 0 Å². The number of unbranched alkanes of at least 4 members (excludes halogenated alkanes) is 2. The van der Waals surface area contributed by atoms with Gasteiger partial charge in [0.05, 0.1) is 0 Å². The van der Waals surface area contributed by atoms with E-state index in [4.69, 9.17) is 0 Å². The van der Waals surface area contributed by atoms with Crippen molar-refractivity contribution in [3.05, 3.63) is 35.9 Å². The van der Waals surface area contributed by atoms with E-state index in [1.165, 1.54) is 24.8 Å². The molecule has 0 amide bonds. The fourth-order valence-corrected chi connectivity index (χ4v) is 1.90. The van der Waals surface area contributed by atoms with Crippen LogP contribution in [0.3, 0.4) is 0 Å². The molecule has 80 valence electrons. The van der Waals surface area contributed by atoms with Gasteiger partial charge in [-0.25, -0.2) is 0 Å². The van der Waals surface area contributed by atoms with Gasteiger partial charge in [-0.1, -0.05) is 0 Å². The summed E-state index contributed by atoms with van der Waals surface area (Å²) in [5, 5.41) is 0. The van der Waals surface area contributed by atoms with Gasteiger partial charge in [0.2, 0.25) is 0 Å². The molecule has 0 aliphatic carbocycles. The van der Waals surface area contributed by atoms with Crippen molar-refractivity contribution in [3.63, 3.8) is 0 Å². The summed E-state index contributed by atoms with van der Waals surface area (Å²) < 4.78 is 2.79. The monoisotopic (exact) mass is 267 g/mol. The van der Waals surface area contributed by atoms with Gasteiger partial charge in [0.1, 0.15) is 0 Å². The fourth-order valence-electron chi connectivity index (χ4n) is 1.63. The van der Waals surface area contributed by atoms with Crippen molar-refractivity contribution in [1.82, 2.24) is 0 Å². The van der Waals surface area contributed by atoms with E-state index in [1.54, 1.807) is 0 Å². The normalized spacial score (nSPS) is 11.8. The first-order chi connectivity index (χ1) is 7.38. The van der Waals surface area contributed by atoms with Crippen molar-refractivity contribution in [2.24, 2.45) is 4.99 Å². The predicted molar refractivity (Wildman–Crippen MR) is 66.5 cm³/mol.